The average molecular weight is 314 g/mol. The summed E-state index contributed by atoms with van der Waals surface area (Å²) in [7, 11) is 0. The van der Waals surface area contributed by atoms with Crippen LogP contribution in [-0.2, 0) is 19.4 Å². The summed E-state index contributed by atoms with van der Waals surface area (Å²) in [4.78, 5) is 11.8. The quantitative estimate of drug-likeness (QED) is 0.825. The number of carbonyl (C=O) groups is 1. The van der Waals surface area contributed by atoms with Crippen LogP contribution in [0.5, 0.6) is 0 Å². The molecule has 0 aliphatic carbocycles. The molecule has 0 radical (unpaired) electrons. The van der Waals surface area contributed by atoms with Gasteiger partial charge in [0.05, 0.1) is 5.69 Å². The number of amides is 2. The molecule has 0 spiro atoms. The first kappa shape index (κ1) is 17.1. The third-order valence-corrected chi connectivity index (χ3v) is 4.03. The molecule has 124 valence electrons. The zero-order valence-electron chi connectivity index (χ0n) is 14.2. The first-order valence-corrected chi connectivity index (χ1v) is 8.20. The van der Waals surface area contributed by atoms with E-state index in [9.17, 15) is 4.79 Å². The number of hydrogen-bond acceptors (Lipinski definition) is 2. The normalized spacial score (nSPS) is 10.6. The summed E-state index contributed by atoms with van der Waals surface area (Å²) in [5.74, 6) is 0. The average Bonchev–Trinajstić information content (AvgIpc) is 2.83. The summed E-state index contributed by atoms with van der Waals surface area (Å²) in [6.07, 6.45) is 1.65. The van der Waals surface area contributed by atoms with Crippen molar-refractivity contribution in [2.75, 3.05) is 13.1 Å². The van der Waals surface area contributed by atoms with E-state index in [2.05, 4.69) is 41.7 Å². The third kappa shape index (κ3) is 4.84. The monoisotopic (exact) mass is 314 g/mol. The minimum Gasteiger partial charge on any atom is -0.338 e. The van der Waals surface area contributed by atoms with E-state index in [4.69, 9.17) is 0 Å². The maximum Gasteiger partial charge on any atom is 0.314 e. The Hall–Kier alpha value is -2.30. The molecule has 0 aliphatic rings. The van der Waals surface area contributed by atoms with E-state index in [-0.39, 0.29) is 6.03 Å². The maximum atomic E-state index is 11.8. The van der Waals surface area contributed by atoms with Crippen molar-refractivity contribution in [3.05, 3.63) is 52.8 Å². The molecule has 0 saturated heterocycles. The minimum absolute atomic E-state index is 0.112. The number of nitrogens with zero attached hydrogens (tertiary/aromatic N) is 2. The first-order valence-electron chi connectivity index (χ1n) is 8.20. The van der Waals surface area contributed by atoms with Gasteiger partial charge in [0, 0.05) is 25.3 Å². The standard InChI is InChI=1S/C18H26N4O/c1-4-22-15(3)17(14(2)21-22)11-13-20-18(23)19-12-10-16-8-6-5-7-9-16/h5-9H,4,10-13H2,1-3H3,(H2,19,20,23). The van der Waals surface area contributed by atoms with Crippen LogP contribution in [-0.4, -0.2) is 28.9 Å². The summed E-state index contributed by atoms with van der Waals surface area (Å²) in [6.45, 7) is 8.32. The molecule has 0 bridgehead atoms. The highest BCUT2D eigenvalue weighted by atomic mass is 16.2. The van der Waals surface area contributed by atoms with Crippen LogP contribution in [0.2, 0.25) is 0 Å². The molecule has 1 aromatic carbocycles. The van der Waals surface area contributed by atoms with Crippen molar-refractivity contribution in [2.45, 2.75) is 40.2 Å². The van der Waals surface area contributed by atoms with Gasteiger partial charge in [-0.3, -0.25) is 4.68 Å². The van der Waals surface area contributed by atoms with Gasteiger partial charge in [0.15, 0.2) is 0 Å². The fourth-order valence-electron chi connectivity index (χ4n) is 2.73. The van der Waals surface area contributed by atoms with Crippen LogP contribution in [0.15, 0.2) is 30.3 Å². The predicted molar refractivity (Wildman–Crippen MR) is 92.6 cm³/mol. The van der Waals surface area contributed by atoms with Crippen LogP contribution in [0.25, 0.3) is 0 Å². The number of urea groups is 1. The molecule has 1 aromatic heterocycles. The summed E-state index contributed by atoms with van der Waals surface area (Å²) in [5.41, 5.74) is 4.70. The summed E-state index contributed by atoms with van der Waals surface area (Å²) < 4.78 is 2.00. The first-order chi connectivity index (χ1) is 11.1. The Morgan fingerprint density at radius 1 is 1.09 bits per heavy atom. The molecule has 0 fully saturated rings. The fourth-order valence-corrected chi connectivity index (χ4v) is 2.73. The SMILES string of the molecule is CCn1nc(C)c(CCNC(=O)NCCc2ccccc2)c1C. The van der Waals surface area contributed by atoms with E-state index < -0.39 is 0 Å². The van der Waals surface area contributed by atoms with Crippen molar-refractivity contribution < 1.29 is 4.79 Å². The molecule has 0 saturated carbocycles. The van der Waals surface area contributed by atoms with E-state index in [1.54, 1.807) is 0 Å². The summed E-state index contributed by atoms with van der Waals surface area (Å²) >= 11 is 0. The van der Waals surface area contributed by atoms with Crippen LogP contribution >= 0.6 is 0 Å². The van der Waals surface area contributed by atoms with E-state index in [0.29, 0.717) is 13.1 Å². The number of hydrogen-bond donors (Lipinski definition) is 2. The zero-order valence-corrected chi connectivity index (χ0v) is 14.2. The zero-order chi connectivity index (χ0) is 16.7. The minimum atomic E-state index is -0.112. The Labute approximate surface area is 138 Å². The lowest BCUT2D eigenvalue weighted by molar-refractivity contribution is 0.241. The molecule has 2 aromatic rings. The van der Waals surface area contributed by atoms with E-state index >= 15 is 0 Å². The van der Waals surface area contributed by atoms with Crippen molar-refractivity contribution in [3.8, 4) is 0 Å². The van der Waals surface area contributed by atoms with Gasteiger partial charge in [0.2, 0.25) is 0 Å². The highest BCUT2D eigenvalue weighted by Crippen LogP contribution is 2.13. The van der Waals surface area contributed by atoms with Gasteiger partial charge in [-0.1, -0.05) is 30.3 Å². The maximum absolute atomic E-state index is 11.8. The van der Waals surface area contributed by atoms with E-state index in [0.717, 1.165) is 25.1 Å². The smallest absolute Gasteiger partial charge is 0.314 e. The van der Waals surface area contributed by atoms with Gasteiger partial charge in [-0.25, -0.2) is 4.79 Å². The highest BCUT2D eigenvalue weighted by molar-refractivity contribution is 5.73. The molecule has 0 atom stereocenters. The lowest BCUT2D eigenvalue weighted by Gasteiger charge is -2.08. The molecule has 0 aliphatic heterocycles. The largest absolute Gasteiger partial charge is 0.338 e. The Bertz CT molecular complexity index is 634. The van der Waals surface area contributed by atoms with Crippen LogP contribution < -0.4 is 10.6 Å². The molecule has 2 rings (SSSR count). The highest BCUT2D eigenvalue weighted by Gasteiger charge is 2.10. The van der Waals surface area contributed by atoms with Gasteiger partial charge in [-0.15, -0.1) is 0 Å². The van der Waals surface area contributed by atoms with Crippen LogP contribution in [0.4, 0.5) is 4.79 Å². The number of carbonyl (C=O) groups excluding carboxylic acids is 1. The molecule has 2 amide bonds. The van der Waals surface area contributed by atoms with Crippen LogP contribution in [0, 0.1) is 13.8 Å². The topological polar surface area (TPSA) is 59.0 Å². The number of aryl methyl sites for hydroxylation is 2. The Morgan fingerprint density at radius 2 is 1.74 bits per heavy atom. The number of aromatic nitrogens is 2. The summed E-state index contributed by atoms with van der Waals surface area (Å²) in [5, 5.41) is 10.3. The van der Waals surface area contributed by atoms with E-state index in [1.165, 1.54) is 16.8 Å². The molecule has 23 heavy (non-hydrogen) atoms. The molecule has 5 nitrogen and oxygen atoms in total. The van der Waals surface area contributed by atoms with Crippen LogP contribution in [0.1, 0.15) is 29.4 Å². The lowest BCUT2D eigenvalue weighted by Crippen LogP contribution is -2.37. The van der Waals surface area contributed by atoms with Gasteiger partial charge in [-0.05, 0) is 44.7 Å². The van der Waals surface area contributed by atoms with Crippen LogP contribution in [0.3, 0.4) is 0 Å². The van der Waals surface area contributed by atoms with Crippen molar-refractivity contribution in [2.24, 2.45) is 0 Å². The van der Waals surface area contributed by atoms with Crippen molar-refractivity contribution in [3.63, 3.8) is 0 Å². The van der Waals surface area contributed by atoms with Crippen molar-refractivity contribution in [1.82, 2.24) is 20.4 Å². The summed E-state index contributed by atoms with van der Waals surface area (Å²) in [6, 6.07) is 10.0. The van der Waals surface area contributed by atoms with E-state index in [1.807, 2.05) is 29.8 Å². The molecular weight excluding hydrogens is 288 g/mol. The lowest BCUT2D eigenvalue weighted by atomic mass is 10.1. The second kappa shape index (κ2) is 8.36. The predicted octanol–water partition coefficient (Wildman–Crippen LogP) is 2.60. The fraction of sp³-hybridized carbons (Fsp3) is 0.444. The Morgan fingerprint density at radius 3 is 2.35 bits per heavy atom. The molecule has 2 N–H and O–H groups in total. The molecule has 1 heterocycles. The second-order valence-electron chi connectivity index (χ2n) is 5.63. The molecular formula is C18H26N4O. The van der Waals surface area contributed by atoms with Gasteiger partial charge in [0.1, 0.15) is 0 Å². The second-order valence-corrected chi connectivity index (χ2v) is 5.63. The number of nitrogens with one attached hydrogen (secondary N) is 2. The van der Waals surface area contributed by atoms with Crippen molar-refractivity contribution >= 4 is 6.03 Å². The third-order valence-electron chi connectivity index (χ3n) is 4.03. The number of benzene rings is 1. The van der Waals surface area contributed by atoms with Gasteiger partial charge < -0.3 is 10.6 Å². The van der Waals surface area contributed by atoms with Crippen molar-refractivity contribution in [1.29, 1.82) is 0 Å². The molecule has 0 unspecified atom stereocenters. The molecule has 5 heteroatoms. The Kier molecular flexibility index (Phi) is 6.20. The van der Waals surface area contributed by atoms with Gasteiger partial charge in [-0.2, -0.15) is 5.10 Å². The number of rotatable bonds is 7. The van der Waals surface area contributed by atoms with Gasteiger partial charge in [0.25, 0.3) is 0 Å². The van der Waals surface area contributed by atoms with Gasteiger partial charge >= 0.3 is 6.03 Å². The Balaban J connectivity index is 1.70.